The molecule has 1 rings (SSSR count). The predicted molar refractivity (Wildman–Crippen MR) is 64.6 cm³/mol. The van der Waals surface area contributed by atoms with E-state index in [4.69, 9.17) is 9.84 Å². The molecule has 17 heavy (non-hydrogen) atoms. The molecule has 0 aliphatic rings. The van der Waals surface area contributed by atoms with Gasteiger partial charge in [-0.05, 0) is 0 Å². The molecule has 0 aliphatic carbocycles. The third-order valence-electron chi connectivity index (χ3n) is 1.98. The van der Waals surface area contributed by atoms with E-state index in [1.807, 2.05) is 0 Å². The number of carboxylic acid groups (broad SMARTS) is 1. The molecule has 1 aromatic rings. The predicted octanol–water partition coefficient (Wildman–Crippen LogP) is 1.47. The number of carboxylic acids is 1. The van der Waals surface area contributed by atoms with Crippen LogP contribution in [0.3, 0.4) is 0 Å². The smallest absolute Gasteiger partial charge is 0.323 e. The standard InChI is InChI=1S/C11H13NO4S/c1-3-4-12(6-10(13)14)11(15)9-5-8(16-2)7-17-9/h3,5,7H,1,4,6H2,2H3,(H,13,14). The van der Waals surface area contributed by atoms with E-state index >= 15 is 0 Å². The van der Waals surface area contributed by atoms with Crippen molar-refractivity contribution >= 4 is 23.2 Å². The molecule has 92 valence electrons. The Hall–Kier alpha value is -1.82. The first-order chi connectivity index (χ1) is 8.08. The van der Waals surface area contributed by atoms with Gasteiger partial charge >= 0.3 is 5.97 Å². The molecule has 1 N–H and O–H groups in total. The zero-order valence-corrected chi connectivity index (χ0v) is 10.2. The number of rotatable bonds is 6. The van der Waals surface area contributed by atoms with Crippen molar-refractivity contribution in [2.75, 3.05) is 20.2 Å². The number of aliphatic carboxylic acids is 1. The first kappa shape index (κ1) is 13.2. The van der Waals surface area contributed by atoms with E-state index < -0.39 is 5.97 Å². The van der Waals surface area contributed by atoms with Gasteiger partial charge in [-0.15, -0.1) is 17.9 Å². The maximum Gasteiger partial charge on any atom is 0.323 e. The Bertz CT molecular complexity index is 427. The van der Waals surface area contributed by atoms with Crippen LogP contribution in [0.15, 0.2) is 24.1 Å². The number of hydrogen-bond donors (Lipinski definition) is 1. The molecule has 0 fully saturated rings. The highest BCUT2D eigenvalue weighted by Gasteiger charge is 2.19. The van der Waals surface area contributed by atoms with Gasteiger partial charge in [0.05, 0.1) is 12.0 Å². The molecule has 6 heteroatoms. The molecule has 5 nitrogen and oxygen atoms in total. The third kappa shape index (κ3) is 3.60. The van der Waals surface area contributed by atoms with E-state index in [-0.39, 0.29) is 19.0 Å². The Morgan fingerprint density at radius 3 is 2.82 bits per heavy atom. The lowest BCUT2D eigenvalue weighted by Crippen LogP contribution is -2.35. The lowest BCUT2D eigenvalue weighted by Gasteiger charge is -2.17. The SMILES string of the molecule is C=CCN(CC(=O)O)C(=O)c1cc(OC)cs1. The lowest BCUT2D eigenvalue weighted by molar-refractivity contribution is -0.137. The average molecular weight is 255 g/mol. The van der Waals surface area contributed by atoms with Gasteiger partial charge in [0.25, 0.3) is 5.91 Å². The molecule has 0 saturated heterocycles. The van der Waals surface area contributed by atoms with E-state index in [2.05, 4.69) is 6.58 Å². The summed E-state index contributed by atoms with van der Waals surface area (Å²) in [5, 5.41) is 10.4. The van der Waals surface area contributed by atoms with Crippen molar-refractivity contribution in [3.63, 3.8) is 0 Å². The second kappa shape index (κ2) is 6.05. The van der Waals surface area contributed by atoms with Gasteiger partial charge in [0.1, 0.15) is 12.3 Å². The number of methoxy groups -OCH3 is 1. The zero-order valence-electron chi connectivity index (χ0n) is 9.38. The van der Waals surface area contributed by atoms with Crippen LogP contribution in [0.1, 0.15) is 9.67 Å². The molecule has 0 radical (unpaired) electrons. The van der Waals surface area contributed by atoms with E-state index in [0.29, 0.717) is 10.6 Å². The van der Waals surface area contributed by atoms with E-state index in [1.165, 1.54) is 29.4 Å². The van der Waals surface area contributed by atoms with Gasteiger partial charge in [0.2, 0.25) is 0 Å². The molecule has 0 bridgehead atoms. The quantitative estimate of drug-likeness (QED) is 0.782. The summed E-state index contributed by atoms with van der Waals surface area (Å²) >= 11 is 1.22. The molecule has 0 aliphatic heterocycles. The Morgan fingerprint density at radius 1 is 1.65 bits per heavy atom. The van der Waals surface area contributed by atoms with Crippen LogP contribution in [0.5, 0.6) is 5.75 Å². The second-order valence-electron chi connectivity index (χ2n) is 3.22. The minimum Gasteiger partial charge on any atom is -0.496 e. The molecule has 0 aromatic carbocycles. The van der Waals surface area contributed by atoms with Crippen LogP contribution < -0.4 is 4.74 Å². The minimum absolute atomic E-state index is 0.200. The Labute approximate surface area is 103 Å². The van der Waals surface area contributed by atoms with Gasteiger partial charge in [0, 0.05) is 18.0 Å². The van der Waals surface area contributed by atoms with Crippen molar-refractivity contribution in [1.82, 2.24) is 4.90 Å². The highest BCUT2D eigenvalue weighted by molar-refractivity contribution is 7.12. The molecule has 0 spiro atoms. The Balaban J connectivity index is 2.82. The van der Waals surface area contributed by atoms with Gasteiger partial charge in [0.15, 0.2) is 0 Å². The molecular weight excluding hydrogens is 242 g/mol. The van der Waals surface area contributed by atoms with Crippen LogP contribution in [0.25, 0.3) is 0 Å². The maximum absolute atomic E-state index is 12.0. The van der Waals surface area contributed by atoms with Crippen LogP contribution in [-0.2, 0) is 4.79 Å². The molecule has 1 amide bonds. The van der Waals surface area contributed by atoms with Crippen LogP contribution in [0.4, 0.5) is 0 Å². The Kier molecular flexibility index (Phi) is 4.71. The first-order valence-corrected chi connectivity index (χ1v) is 5.71. The van der Waals surface area contributed by atoms with Crippen molar-refractivity contribution in [2.45, 2.75) is 0 Å². The van der Waals surface area contributed by atoms with Gasteiger partial charge in [-0.25, -0.2) is 0 Å². The van der Waals surface area contributed by atoms with Gasteiger partial charge in [-0.1, -0.05) is 6.08 Å². The Morgan fingerprint density at radius 2 is 2.35 bits per heavy atom. The summed E-state index contributed by atoms with van der Waals surface area (Å²) in [6.45, 7) is 3.35. The van der Waals surface area contributed by atoms with Crippen LogP contribution >= 0.6 is 11.3 Å². The fourth-order valence-electron chi connectivity index (χ4n) is 1.23. The van der Waals surface area contributed by atoms with Crippen molar-refractivity contribution in [3.05, 3.63) is 29.0 Å². The normalized spacial score (nSPS) is 9.71. The first-order valence-electron chi connectivity index (χ1n) is 4.83. The number of carbonyl (C=O) groups excluding carboxylic acids is 1. The average Bonchev–Trinajstić information content (AvgIpc) is 2.75. The lowest BCUT2D eigenvalue weighted by atomic mass is 10.3. The number of thiophene rings is 1. The van der Waals surface area contributed by atoms with Crippen molar-refractivity contribution in [2.24, 2.45) is 0 Å². The third-order valence-corrected chi connectivity index (χ3v) is 2.88. The van der Waals surface area contributed by atoms with Gasteiger partial charge < -0.3 is 14.7 Å². The number of nitrogens with zero attached hydrogens (tertiary/aromatic N) is 1. The van der Waals surface area contributed by atoms with Crippen molar-refractivity contribution in [3.8, 4) is 5.75 Å². The number of ether oxygens (including phenoxy) is 1. The summed E-state index contributed by atoms with van der Waals surface area (Å²) in [4.78, 5) is 24.3. The van der Waals surface area contributed by atoms with Gasteiger partial charge in [-0.3, -0.25) is 9.59 Å². The maximum atomic E-state index is 12.0. The van der Waals surface area contributed by atoms with Crippen LogP contribution in [0.2, 0.25) is 0 Å². The fourth-order valence-corrected chi connectivity index (χ4v) is 2.05. The summed E-state index contributed by atoms with van der Waals surface area (Å²) < 4.78 is 4.97. The summed E-state index contributed by atoms with van der Waals surface area (Å²) in [7, 11) is 1.51. The molecule has 0 unspecified atom stereocenters. The highest BCUT2D eigenvalue weighted by atomic mass is 32.1. The number of hydrogen-bond acceptors (Lipinski definition) is 4. The minimum atomic E-state index is -1.05. The fraction of sp³-hybridized carbons (Fsp3) is 0.273. The summed E-state index contributed by atoms with van der Waals surface area (Å²) in [6.07, 6.45) is 1.49. The van der Waals surface area contributed by atoms with E-state index in [9.17, 15) is 9.59 Å². The van der Waals surface area contributed by atoms with Crippen molar-refractivity contribution in [1.29, 1.82) is 0 Å². The van der Waals surface area contributed by atoms with Crippen molar-refractivity contribution < 1.29 is 19.4 Å². The number of carbonyl (C=O) groups is 2. The van der Waals surface area contributed by atoms with Crippen LogP contribution in [-0.4, -0.2) is 42.1 Å². The monoisotopic (exact) mass is 255 g/mol. The topological polar surface area (TPSA) is 66.8 Å². The zero-order chi connectivity index (χ0) is 12.8. The number of amides is 1. The molecule has 1 aromatic heterocycles. The molecule has 1 heterocycles. The summed E-state index contributed by atoms with van der Waals surface area (Å²) in [5.41, 5.74) is 0. The van der Waals surface area contributed by atoms with E-state index in [0.717, 1.165) is 0 Å². The summed E-state index contributed by atoms with van der Waals surface area (Å²) in [5.74, 6) is -0.795. The molecule has 0 atom stereocenters. The largest absolute Gasteiger partial charge is 0.496 e. The second-order valence-corrected chi connectivity index (χ2v) is 4.13. The molecule has 0 saturated carbocycles. The van der Waals surface area contributed by atoms with Gasteiger partial charge in [-0.2, -0.15) is 0 Å². The summed E-state index contributed by atoms with van der Waals surface area (Å²) in [6, 6.07) is 1.59. The molecular formula is C11H13NO4S. The van der Waals surface area contributed by atoms with E-state index in [1.54, 1.807) is 11.4 Å². The van der Waals surface area contributed by atoms with Crippen LogP contribution in [0, 0.1) is 0 Å². The highest BCUT2D eigenvalue weighted by Crippen LogP contribution is 2.22.